The second kappa shape index (κ2) is 5.97. The molecular formula is C13H8N10O3. The molecule has 0 unspecified atom stereocenters. The van der Waals surface area contributed by atoms with Crippen molar-refractivity contribution in [2.24, 2.45) is 0 Å². The minimum atomic E-state index is -0.731. The minimum absolute atomic E-state index is 0.0751. The lowest BCUT2D eigenvalue weighted by atomic mass is 10.3. The van der Waals surface area contributed by atoms with E-state index in [0.29, 0.717) is 0 Å². The van der Waals surface area contributed by atoms with Crippen LogP contribution in [-0.2, 0) is 0 Å². The van der Waals surface area contributed by atoms with E-state index in [1.54, 1.807) is 0 Å². The van der Waals surface area contributed by atoms with E-state index in [1.807, 2.05) is 0 Å². The lowest BCUT2D eigenvalue weighted by Crippen LogP contribution is -2.26. The number of hydrogen-bond donors (Lipinski definition) is 2. The molecule has 4 heterocycles. The highest BCUT2D eigenvalue weighted by Crippen LogP contribution is 2.09. The standard InChI is InChI=1S/C13H8N10O3/c24-7(9-16-5-18-20-9)11-14-1-3-22(11)13(26)23-4-2-15-12(23)8(25)10-17-6-19-21-10/h1-6H,(H,16,18,20)(H,17,19,21). The van der Waals surface area contributed by atoms with Crippen LogP contribution < -0.4 is 0 Å². The molecule has 0 aromatic carbocycles. The number of nitrogens with one attached hydrogen (secondary N) is 2. The van der Waals surface area contributed by atoms with Gasteiger partial charge >= 0.3 is 6.03 Å². The quantitative estimate of drug-likeness (QED) is 0.450. The third-order valence-electron chi connectivity index (χ3n) is 3.36. The third kappa shape index (κ3) is 2.39. The van der Waals surface area contributed by atoms with Gasteiger partial charge in [0.1, 0.15) is 12.7 Å². The SMILES string of the molecule is O=C(c1ncn[nH]1)c1nccn1C(=O)n1ccnc1C(=O)c1ncn[nH]1. The molecule has 4 rings (SSSR count). The number of hydrogen-bond acceptors (Lipinski definition) is 9. The molecule has 4 aromatic heterocycles. The van der Waals surface area contributed by atoms with Crippen LogP contribution in [0, 0.1) is 0 Å². The van der Waals surface area contributed by atoms with Crippen LogP contribution in [0.4, 0.5) is 4.79 Å². The number of aromatic nitrogens is 10. The Kier molecular flexibility index (Phi) is 3.50. The first kappa shape index (κ1) is 15.3. The molecule has 0 aliphatic rings. The van der Waals surface area contributed by atoms with Gasteiger partial charge in [0.05, 0.1) is 0 Å². The Morgan fingerprint density at radius 3 is 1.58 bits per heavy atom. The second-order valence-electron chi connectivity index (χ2n) is 4.85. The summed E-state index contributed by atoms with van der Waals surface area (Å²) in [6.07, 6.45) is 7.44. The molecule has 0 atom stereocenters. The topological polar surface area (TPSA) is 170 Å². The van der Waals surface area contributed by atoms with Gasteiger partial charge in [-0.05, 0) is 0 Å². The zero-order valence-electron chi connectivity index (χ0n) is 12.8. The average molecular weight is 352 g/mol. The largest absolute Gasteiger partial charge is 0.339 e. The van der Waals surface area contributed by atoms with E-state index in [1.165, 1.54) is 24.8 Å². The van der Waals surface area contributed by atoms with Gasteiger partial charge in [0.15, 0.2) is 23.3 Å². The van der Waals surface area contributed by atoms with Crippen molar-refractivity contribution in [3.8, 4) is 0 Å². The maximum atomic E-state index is 12.8. The molecule has 0 radical (unpaired) electrons. The fourth-order valence-electron chi connectivity index (χ4n) is 2.21. The smallest absolute Gasteiger partial charge is 0.282 e. The molecule has 2 N–H and O–H groups in total. The molecule has 0 fully saturated rings. The molecule has 26 heavy (non-hydrogen) atoms. The fraction of sp³-hybridized carbons (Fsp3) is 0. The number of aromatic amines is 2. The number of nitrogens with zero attached hydrogens (tertiary/aromatic N) is 8. The van der Waals surface area contributed by atoms with Crippen molar-refractivity contribution in [2.45, 2.75) is 0 Å². The van der Waals surface area contributed by atoms with E-state index in [4.69, 9.17) is 0 Å². The number of carbonyl (C=O) groups is 3. The summed E-state index contributed by atoms with van der Waals surface area (Å²) in [5.74, 6) is -1.81. The van der Waals surface area contributed by atoms with Crippen molar-refractivity contribution in [1.29, 1.82) is 0 Å². The second-order valence-corrected chi connectivity index (χ2v) is 4.85. The van der Waals surface area contributed by atoms with Crippen molar-refractivity contribution < 1.29 is 14.4 Å². The third-order valence-corrected chi connectivity index (χ3v) is 3.36. The molecule has 13 heteroatoms. The zero-order chi connectivity index (χ0) is 18.1. The van der Waals surface area contributed by atoms with E-state index in [9.17, 15) is 14.4 Å². The summed E-state index contributed by atoms with van der Waals surface area (Å²) < 4.78 is 1.95. The first-order chi connectivity index (χ1) is 12.7. The molecule has 128 valence electrons. The lowest BCUT2D eigenvalue weighted by Gasteiger charge is -2.07. The van der Waals surface area contributed by atoms with Gasteiger partial charge in [0.2, 0.25) is 0 Å². The van der Waals surface area contributed by atoms with Crippen LogP contribution in [-0.4, -0.2) is 67.1 Å². The van der Waals surface area contributed by atoms with Gasteiger partial charge in [-0.3, -0.25) is 19.8 Å². The predicted octanol–water partition coefficient (Wildman–Crippen LogP) is -0.706. The molecule has 0 saturated carbocycles. The molecular weight excluding hydrogens is 344 g/mol. The van der Waals surface area contributed by atoms with Crippen LogP contribution in [0.1, 0.15) is 32.9 Å². The van der Waals surface area contributed by atoms with E-state index in [2.05, 4.69) is 40.3 Å². The first-order valence-corrected chi connectivity index (χ1v) is 7.08. The Hall–Kier alpha value is -4.29. The van der Waals surface area contributed by atoms with Gasteiger partial charge in [0, 0.05) is 24.8 Å². The summed E-state index contributed by atoms with van der Waals surface area (Å²) in [6, 6.07) is -0.731. The van der Waals surface area contributed by atoms with Crippen LogP contribution in [0.2, 0.25) is 0 Å². The van der Waals surface area contributed by atoms with Crippen molar-refractivity contribution in [3.63, 3.8) is 0 Å². The Labute approximate surface area is 143 Å². The summed E-state index contributed by atoms with van der Waals surface area (Å²) in [4.78, 5) is 52.8. The van der Waals surface area contributed by atoms with E-state index in [-0.39, 0.29) is 23.3 Å². The monoisotopic (exact) mass is 352 g/mol. The lowest BCUT2D eigenvalue weighted by molar-refractivity contribution is 0.101. The first-order valence-electron chi connectivity index (χ1n) is 7.08. The van der Waals surface area contributed by atoms with E-state index < -0.39 is 17.6 Å². The van der Waals surface area contributed by atoms with Crippen LogP contribution >= 0.6 is 0 Å². The number of rotatable bonds is 4. The van der Waals surface area contributed by atoms with Gasteiger partial charge in [0.25, 0.3) is 11.6 Å². The predicted molar refractivity (Wildman–Crippen MR) is 80.3 cm³/mol. The summed E-state index contributed by atoms with van der Waals surface area (Å²) >= 11 is 0. The Morgan fingerprint density at radius 2 is 1.19 bits per heavy atom. The maximum absolute atomic E-state index is 12.8. The van der Waals surface area contributed by atoms with Crippen molar-refractivity contribution in [3.05, 3.63) is 60.7 Å². The molecule has 13 nitrogen and oxygen atoms in total. The molecule has 0 aliphatic carbocycles. The average Bonchev–Trinajstić information content (AvgIpc) is 3.45. The van der Waals surface area contributed by atoms with Crippen LogP contribution in [0.5, 0.6) is 0 Å². The van der Waals surface area contributed by atoms with Gasteiger partial charge in [-0.2, -0.15) is 10.2 Å². The number of imidazole rings is 2. The summed E-state index contributed by atoms with van der Waals surface area (Å²) in [7, 11) is 0. The number of H-pyrrole nitrogens is 2. The Bertz CT molecular complexity index is 1000. The highest BCUT2D eigenvalue weighted by atomic mass is 16.2. The molecule has 4 aromatic rings. The van der Waals surface area contributed by atoms with Crippen molar-refractivity contribution in [2.75, 3.05) is 0 Å². The zero-order valence-corrected chi connectivity index (χ0v) is 12.8. The Balaban J connectivity index is 1.71. The van der Waals surface area contributed by atoms with Gasteiger partial charge in [-0.25, -0.2) is 33.9 Å². The summed E-state index contributed by atoms with van der Waals surface area (Å²) in [5.41, 5.74) is 0. The van der Waals surface area contributed by atoms with Crippen LogP contribution in [0.25, 0.3) is 0 Å². The normalized spacial score (nSPS) is 10.8. The van der Waals surface area contributed by atoms with E-state index >= 15 is 0 Å². The molecule has 0 bridgehead atoms. The maximum Gasteiger partial charge on any atom is 0.339 e. The molecule has 0 saturated heterocycles. The number of carbonyl (C=O) groups excluding carboxylic acids is 3. The highest BCUT2D eigenvalue weighted by molar-refractivity contribution is 6.08. The Morgan fingerprint density at radius 1 is 0.731 bits per heavy atom. The highest BCUT2D eigenvalue weighted by Gasteiger charge is 2.26. The van der Waals surface area contributed by atoms with Crippen molar-refractivity contribution in [1.82, 2.24) is 49.5 Å². The van der Waals surface area contributed by atoms with Gasteiger partial charge < -0.3 is 0 Å². The summed E-state index contributed by atoms with van der Waals surface area (Å²) in [5, 5.41) is 12.0. The number of ketones is 2. The van der Waals surface area contributed by atoms with Crippen molar-refractivity contribution >= 4 is 17.6 Å². The molecule has 0 spiro atoms. The van der Waals surface area contributed by atoms with Gasteiger partial charge in [-0.15, -0.1) is 0 Å². The van der Waals surface area contributed by atoms with Crippen LogP contribution in [0.15, 0.2) is 37.4 Å². The van der Waals surface area contributed by atoms with Gasteiger partial charge in [-0.1, -0.05) is 0 Å². The molecule has 0 aliphatic heterocycles. The fourth-order valence-corrected chi connectivity index (χ4v) is 2.21. The minimum Gasteiger partial charge on any atom is -0.282 e. The van der Waals surface area contributed by atoms with E-state index in [0.717, 1.165) is 21.8 Å². The van der Waals surface area contributed by atoms with Crippen LogP contribution in [0.3, 0.4) is 0 Å². The summed E-state index contributed by atoms with van der Waals surface area (Å²) in [6.45, 7) is 0. The molecule has 0 amide bonds.